The van der Waals surface area contributed by atoms with Crippen molar-refractivity contribution in [3.8, 4) is 0 Å². The van der Waals surface area contributed by atoms with E-state index >= 15 is 0 Å². The molecule has 0 aromatic heterocycles. The van der Waals surface area contributed by atoms with Gasteiger partial charge in [-0.3, -0.25) is 4.90 Å². The highest BCUT2D eigenvalue weighted by Crippen LogP contribution is 1.93. The third-order valence-corrected chi connectivity index (χ3v) is 3.88. The first-order chi connectivity index (χ1) is 13.5. The van der Waals surface area contributed by atoms with Gasteiger partial charge in [0.25, 0.3) is 15.5 Å². The van der Waals surface area contributed by atoms with Crippen molar-refractivity contribution in [2.24, 2.45) is 0 Å². The summed E-state index contributed by atoms with van der Waals surface area (Å²) in [6, 6.07) is 0. The molecule has 0 amide bonds. The minimum atomic E-state index is 0.344. The lowest BCUT2D eigenvalue weighted by molar-refractivity contribution is 0.144. The van der Waals surface area contributed by atoms with Gasteiger partial charge in [0.1, 0.15) is 19.8 Å². The number of hydrogen-bond acceptors (Lipinski definition) is 7. The van der Waals surface area contributed by atoms with Crippen LogP contribution < -0.4 is 16.0 Å². The summed E-state index contributed by atoms with van der Waals surface area (Å²) in [5.41, 5.74) is 0. The molecule has 0 heterocycles. The van der Waals surface area contributed by atoms with Crippen LogP contribution in [0.15, 0.2) is 38.0 Å². The molecule has 0 aliphatic carbocycles. The fourth-order valence-corrected chi connectivity index (χ4v) is 2.26. The van der Waals surface area contributed by atoms with E-state index in [1.807, 2.05) is 0 Å². The Bertz CT molecular complexity index is 447. The zero-order valence-corrected chi connectivity index (χ0v) is 18.6. The molecule has 158 valence electrons. The minimum Gasteiger partial charge on any atom is -0.470 e. The SMILES string of the molecule is C=CCNC(=S)OCCN(CCOC(=S)NCC=C)CCOC(=S)NCC=C. The van der Waals surface area contributed by atoms with Crippen LogP contribution in [-0.4, -0.2) is 79.5 Å². The van der Waals surface area contributed by atoms with Crippen LogP contribution in [0, 0.1) is 0 Å². The summed E-state index contributed by atoms with van der Waals surface area (Å²) in [6.07, 6.45) is 5.13. The number of hydrogen-bond donors (Lipinski definition) is 3. The second-order valence-electron chi connectivity index (χ2n) is 5.26. The van der Waals surface area contributed by atoms with Gasteiger partial charge in [0.05, 0.1) is 0 Å². The lowest BCUT2D eigenvalue weighted by atomic mass is 10.4. The molecule has 0 aromatic rings. The summed E-state index contributed by atoms with van der Waals surface area (Å²) in [7, 11) is 0. The Morgan fingerprint density at radius 1 is 0.643 bits per heavy atom. The van der Waals surface area contributed by atoms with Gasteiger partial charge < -0.3 is 30.2 Å². The molecule has 0 saturated heterocycles. The fourth-order valence-electron chi connectivity index (χ4n) is 1.76. The van der Waals surface area contributed by atoms with Crippen LogP contribution in [0.4, 0.5) is 0 Å². The summed E-state index contributed by atoms with van der Waals surface area (Å²) in [4.78, 5) is 2.11. The molecule has 0 radical (unpaired) electrons. The van der Waals surface area contributed by atoms with Gasteiger partial charge in [-0.1, -0.05) is 18.2 Å². The van der Waals surface area contributed by atoms with E-state index in [0.29, 0.717) is 74.6 Å². The topological polar surface area (TPSA) is 67.0 Å². The molecule has 0 spiro atoms. The van der Waals surface area contributed by atoms with Crippen LogP contribution in [0.3, 0.4) is 0 Å². The predicted octanol–water partition coefficient (Wildman–Crippen LogP) is 1.52. The summed E-state index contributed by atoms with van der Waals surface area (Å²) < 4.78 is 16.5. The van der Waals surface area contributed by atoms with E-state index in [4.69, 9.17) is 50.9 Å². The van der Waals surface area contributed by atoms with Crippen LogP contribution in [-0.2, 0) is 14.2 Å². The Balaban J connectivity index is 4.27. The van der Waals surface area contributed by atoms with E-state index in [1.165, 1.54) is 0 Å². The number of rotatable bonds is 15. The van der Waals surface area contributed by atoms with Crippen molar-refractivity contribution in [1.29, 1.82) is 0 Å². The summed E-state index contributed by atoms with van der Waals surface area (Å²) >= 11 is 15.2. The van der Waals surface area contributed by atoms with Gasteiger partial charge in [0.15, 0.2) is 0 Å². The van der Waals surface area contributed by atoms with Crippen LogP contribution in [0.2, 0.25) is 0 Å². The Kier molecular flexibility index (Phi) is 17.4. The highest BCUT2D eigenvalue weighted by atomic mass is 32.1. The van der Waals surface area contributed by atoms with E-state index in [1.54, 1.807) is 18.2 Å². The molecule has 0 rings (SSSR count). The van der Waals surface area contributed by atoms with Gasteiger partial charge in [-0.25, -0.2) is 0 Å². The molecule has 28 heavy (non-hydrogen) atoms. The average molecular weight is 447 g/mol. The Hall–Kier alpha value is -1.75. The molecule has 0 bridgehead atoms. The molecule has 0 saturated carbocycles. The van der Waals surface area contributed by atoms with Crippen LogP contribution in [0.5, 0.6) is 0 Å². The molecule has 0 fully saturated rings. The standard InChI is InChI=1S/C18H30N4O3S3/c1-4-7-19-16(26)23-13-10-22(11-14-24-17(27)20-8-5-2)12-15-25-18(28)21-9-6-3/h4-6H,1-3,7-15H2,(H,19,26)(H,20,27)(H,21,28). The molecule has 0 aliphatic heterocycles. The smallest absolute Gasteiger partial charge is 0.256 e. The first-order valence-corrected chi connectivity index (χ1v) is 10.0. The number of ether oxygens (including phenoxy) is 3. The largest absolute Gasteiger partial charge is 0.470 e. The van der Waals surface area contributed by atoms with E-state index in [-0.39, 0.29) is 0 Å². The van der Waals surface area contributed by atoms with E-state index in [0.717, 1.165) is 0 Å². The summed E-state index contributed by atoms with van der Waals surface area (Å²) in [5, 5.41) is 9.79. The Morgan fingerprint density at radius 2 is 0.929 bits per heavy atom. The normalized spacial score (nSPS) is 9.75. The van der Waals surface area contributed by atoms with Crippen molar-refractivity contribution in [3.05, 3.63) is 38.0 Å². The number of thiocarbonyl (C=S) groups is 3. The molecule has 10 heteroatoms. The lowest BCUT2D eigenvalue weighted by Crippen LogP contribution is -2.37. The first kappa shape index (κ1) is 26.2. The molecule has 3 N–H and O–H groups in total. The fraction of sp³-hybridized carbons (Fsp3) is 0.500. The molecular formula is C18H30N4O3S3. The third-order valence-electron chi connectivity index (χ3n) is 3.09. The Morgan fingerprint density at radius 3 is 1.18 bits per heavy atom. The molecule has 7 nitrogen and oxygen atoms in total. The van der Waals surface area contributed by atoms with Crippen molar-refractivity contribution < 1.29 is 14.2 Å². The van der Waals surface area contributed by atoms with E-state index in [9.17, 15) is 0 Å². The molecule has 0 aromatic carbocycles. The number of nitrogens with zero attached hydrogens (tertiary/aromatic N) is 1. The van der Waals surface area contributed by atoms with Crippen LogP contribution >= 0.6 is 36.7 Å². The van der Waals surface area contributed by atoms with E-state index in [2.05, 4.69) is 40.6 Å². The molecular weight excluding hydrogens is 416 g/mol. The van der Waals surface area contributed by atoms with Gasteiger partial charge >= 0.3 is 0 Å². The average Bonchev–Trinajstić information content (AvgIpc) is 2.68. The second kappa shape index (κ2) is 18.6. The molecule has 0 aliphatic rings. The van der Waals surface area contributed by atoms with Crippen molar-refractivity contribution in [2.75, 3.05) is 59.1 Å². The predicted molar refractivity (Wildman–Crippen MR) is 127 cm³/mol. The van der Waals surface area contributed by atoms with Crippen molar-refractivity contribution in [1.82, 2.24) is 20.9 Å². The Labute approximate surface area is 184 Å². The maximum absolute atomic E-state index is 5.49. The van der Waals surface area contributed by atoms with E-state index < -0.39 is 0 Å². The summed E-state index contributed by atoms with van der Waals surface area (Å²) in [5.74, 6) is 0. The summed E-state index contributed by atoms with van der Waals surface area (Å²) in [6.45, 7) is 15.8. The highest BCUT2D eigenvalue weighted by Gasteiger charge is 2.08. The third kappa shape index (κ3) is 16.4. The maximum Gasteiger partial charge on any atom is 0.256 e. The van der Waals surface area contributed by atoms with Crippen molar-refractivity contribution >= 4 is 52.2 Å². The van der Waals surface area contributed by atoms with Crippen LogP contribution in [0.25, 0.3) is 0 Å². The zero-order chi connectivity index (χ0) is 21.0. The van der Waals surface area contributed by atoms with Gasteiger partial charge in [-0.05, 0) is 36.7 Å². The molecule has 0 unspecified atom stereocenters. The minimum absolute atomic E-state index is 0.344. The van der Waals surface area contributed by atoms with Crippen LogP contribution in [0.1, 0.15) is 0 Å². The van der Waals surface area contributed by atoms with Gasteiger partial charge in [0, 0.05) is 39.3 Å². The quantitative estimate of drug-likeness (QED) is 0.255. The van der Waals surface area contributed by atoms with Gasteiger partial charge in [-0.2, -0.15) is 0 Å². The highest BCUT2D eigenvalue weighted by molar-refractivity contribution is 7.80. The van der Waals surface area contributed by atoms with Gasteiger partial charge in [-0.15, -0.1) is 19.7 Å². The zero-order valence-electron chi connectivity index (χ0n) is 16.1. The van der Waals surface area contributed by atoms with Gasteiger partial charge in [0.2, 0.25) is 0 Å². The first-order valence-electron chi connectivity index (χ1n) is 8.80. The lowest BCUT2D eigenvalue weighted by Gasteiger charge is -2.23. The molecule has 0 atom stereocenters. The number of nitrogens with one attached hydrogen (secondary N) is 3. The second-order valence-corrected chi connectivity index (χ2v) is 6.37. The van der Waals surface area contributed by atoms with Crippen molar-refractivity contribution in [3.63, 3.8) is 0 Å². The van der Waals surface area contributed by atoms with Crippen molar-refractivity contribution in [2.45, 2.75) is 0 Å². The monoisotopic (exact) mass is 446 g/mol. The maximum atomic E-state index is 5.49.